The first kappa shape index (κ1) is 45.1. The smallest absolute Gasteiger partial charge is 0.301 e. The summed E-state index contributed by atoms with van der Waals surface area (Å²) in [6, 6.07) is 16.1. The fraction of sp³-hybridized carbons (Fsp3) is 0.375. The summed E-state index contributed by atoms with van der Waals surface area (Å²) in [4.78, 5) is 81.5. The maximum absolute atomic E-state index is 15.2. The first-order valence-corrected chi connectivity index (χ1v) is 24.5. The summed E-state index contributed by atoms with van der Waals surface area (Å²) in [5.41, 5.74) is 1.27. The van der Waals surface area contributed by atoms with Crippen LogP contribution >= 0.6 is 0 Å². The number of nitrogens with zero attached hydrogens (tertiary/aromatic N) is 9. The number of rotatable bonds is 11. The van der Waals surface area contributed by atoms with E-state index in [9.17, 15) is 42.0 Å². The van der Waals surface area contributed by atoms with Crippen molar-refractivity contribution in [2.24, 2.45) is 11.3 Å². The van der Waals surface area contributed by atoms with Gasteiger partial charge >= 0.3 is 10.2 Å². The Morgan fingerprint density at radius 2 is 1.63 bits per heavy atom. The molecule has 22 heteroatoms. The Kier molecular flexibility index (Phi) is 11.1. The number of alkyl halides is 1. The van der Waals surface area contributed by atoms with Gasteiger partial charge in [-0.25, -0.2) is 18.7 Å². The van der Waals surface area contributed by atoms with E-state index in [1.54, 1.807) is 30.5 Å². The molecule has 0 saturated carbocycles. The first-order valence-electron chi connectivity index (χ1n) is 23.0. The largest absolute Gasteiger partial charge is 0.453 e. The average Bonchev–Trinajstić information content (AvgIpc) is 3.88. The molecule has 70 heavy (non-hydrogen) atoms. The van der Waals surface area contributed by atoms with Crippen molar-refractivity contribution in [2.75, 3.05) is 73.4 Å². The van der Waals surface area contributed by atoms with Gasteiger partial charge in [-0.1, -0.05) is 0 Å². The van der Waals surface area contributed by atoms with Crippen LogP contribution in [-0.2, 0) is 19.8 Å². The van der Waals surface area contributed by atoms with Gasteiger partial charge in [0.15, 0.2) is 11.6 Å². The van der Waals surface area contributed by atoms with Crippen LogP contribution in [0.2, 0.25) is 0 Å². The van der Waals surface area contributed by atoms with Crippen LogP contribution in [0, 0.1) is 28.5 Å². The standard InChI is InChI=1S/C48H45F2N11O8S/c49-29-13-16-59(22-29)70(67,68)55-39-7-5-37(50)43(36(39)19-51)69-32-3-6-38-35(18-32)45(64)60(27-53-38)31-2-9-41(52-20-31)58-25-48(26-58)23-56(24-48)21-28-11-14-57(15-12-28)30-1-4-33-34(17-30)47(66)61(46(33)65)40-8-10-42(62)54-44(40)63/h1-7,9,17-18,20,27-29,40,55H,8,10-16,21-26H2,(H,54,62,63)/t29-,40?/m1/s1. The molecular weight excluding hydrogens is 929 g/mol. The number of hydrogen-bond acceptors (Lipinski definition) is 14. The number of benzene rings is 3. The SMILES string of the molecule is N#Cc1c(NS(=O)(=O)N2CC[C@@H](F)C2)ccc(F)c1Oc1ccc2ncn(-c3ccc(N4CC5(CN(CC6CCN(c7ccc8c(c7)C(=O)N(C7CCC(=O)NC7=O)C8=O)CC6)C5)C4)nc3)c(=O)c2c1. The Balaban J connectivity index is 0.677. The van der Waals surface area contributed by atoms with E-state index in [0.717, 1.165) is 91.5 Å². The molecular formula is C48H45F2N11O8S. The van der Waals surface area contributed by atoms with Gasteiger partial charge in [0.05, 0.1) is 39.6 Å². The topological polar surface area (TPSA) is 223 Å². The Hall–Kier alpha value is -7.35. The number of anilines is 3. The van der Waals surface area contributed by atoms with E-state index in [2.05, 4.69) is 34.7 Å². The molecule has 1 spiro atoms. The van der Waals surface area contributed by atoms with Crippen molar-refractivity contribution in [3.8, 4) is 23.3 Å². The average molecular weight is 974 g/mol. The Morgan fingerprint density at radius 3 is 2.34 bits per heavy atom. The highest BCUT2D eigenvalue weighted by Gasteiger charge is 2.52. The lowest BCUT2D eigenvalue weighted by Gasteiger charge is -2.61. The molecule has 2 aromatic heterocycles. The number of fused-ring (bicyclic) bond motifs is 2. The molecule has 6 aliphatic rings. The van der Waals surface area contributed by atoms with E-state index >= 15 is 4.39 Å². The summed E-state index contributed by atoms with van der Waals surface area (Å²) in [6.45, 7) is 5.94. The minimum Gasteiger partial charge on any atom is -0.453 e. The minimum atomic E-state index is -4.25. The Labute approximate surface area is 399 Å². The van der Waals surface area contributed by atoms with Gasteiger partial charge in [-0.3, -0.25) is 43.5 Å². The Bertz CT molecular complexity index is 3240. The zero-order valence-corrected chi connectivity index (χ0v) is 38.3. The van der Waals surface area contributed by atoms with Gasteiger partial charge in [0, 0.05) is 76.4 Å². The van der Waals surface area contributed by atoms with Crippen LogP contribution in [0.3, 0.4) is 0 Å². The van der Waals surface area contributed by atoms with Crippen LogP contribution < -0.4 is 30.1 Å². The molecule has 360 valence electrons. The molecule has 0 bridgehead atoms. The summed E-state index contributed by atoms with van der Waals surface area (Å²) in [6.07, 6.45) is 3.86. The third-order valence-electron chi connectivity index (χ3n) is 14.3. The number of carbonyl (C=O) groups excluding carboxylic acids is 4. The number of imide groups is 2. The van der Waals surface area contributed by atoms with Gasteiger partial charge in [0.2, 0.25) is 11.8 Å². The van der Waals surface area contributed by atoms with Crippen LogP contribution in [0.15, 0.2) is 78.0 Å². The van der Waals surface area contributed by atoms with Crippen LogP contribution in [0.5, 0.6) is 11.5 Å². The Morgan fingerprint density at radius 1 is 0.857 bits per heavy atom. The fourth-order valence-corrected chi connectivity index (χ4v) is 12.0. The third-order valence-corrected chi connectivity index (χ3v) is 15.8. The van der Waals surface area contributed by atoms with Gasteiger partial charge in [-0.2, -0.15) is 18.0 Å². The zero-order chi connectivity index (χ0) is 48.6. The summed E-state index contributed by atoms with van der Waals surface area (Å²) in [5.74, 6) is -2.27. The molecule has 1 unspecified atom stereocenters. The predicted octanol–water partition coefficient (Wildman–Crippen LogP) is 3.72. The number of likely N-dealkylation sites (tertiary alicyclic amines) is 1. The van der Waals surface area contributed by atoms with Gasteiger partial charge in [0.1, 0.15) is 41.7 Å². The number of pyridine rings is 1. The number of hydrogen-bond donors (Lipinski definition) is 2. The molecule has 5 aromatic rings. The number of amides is 4. The van der Waals surface area contributed by atoms with Gasteiger partial charge in [-0.05, 0) is 92.3 Å². The monoisotopic (exact) mass is 973 g/mol. The van der Waals surface area contributed by atoms with Gasteiger partial charge < -0.3 is 19.4 Å². The summed E-state index contributed by atoms with van der Waals surface area (Å²) in [7, 11) is -4.25. The highest BCUT2D eigenvalue weighted by Crippen LogP contribution is 2.43. The maximum Gasteiger partial charge on any atom is 0.301 e. The molecule has 0 radical (unpaired) electrons. The van der Waals surface area contributed by atoms with Crippen LogP contribution in [-0.4, -0.2) is 132 Å². The van der Waals surface area contributed by atoms with Gasteiger partial charge in [-0.15, -0.1) is 0 Å². The van der Waals surface area contributed by atoms with Crippen molar-refractivity contribution in [1.82, 2.24) is 34.0 Å². The second-order valence-electron chi connectivity index (χ2n) is 19.0. The summed E-state index contributed by atoms with van der Waals surface area (Å²) < 4.78 is 65.1. The van der Waals surface area contributed by atoms with Crippen LogP contribution in [0.1, 0.15) is 58.4 Å². The number of piperidine rings is 2. The van der Waals surface area contributed by atoms with E-state index in [1.165, 1.54) is 29.1 Å². The molecule has 3 aromatic carbocycles. The molecule has 5 fully saturated rings. The van der Waals surface area contributed by atoms with Gasteiger partial charge in [0.25, 0.3) is 17.4 Å². The molecule has 2 atom stereocenters. The number of carbonyl (C=O) groups is 4. The number of nitrogens with one attached hydrogen (secondary N) is 2. The first-order chi connectivity index (χ1) is 33.7. The second-order valence-corrected chi connectivity index (χ2v) is 20.6. The number of halogens is 2. The van der Waals surface area contributed by atoms with E-state index < -0.39 is 68.7 Å². The highest BCUT2D eigenvalue weighted by molar-refractivity contribution is 7.90. The number of ether oxygens (including phenoxy) is 1. The summed E-state index contributed by atoms with van der Waals surface area (Å²) in [5, 5.41) is 12.3. The molecule has 4 amide bonds. The van der Waals surface area contributed by atoms with Crippen molar-refractivity contribution >= 4 is 61.9 Å². The molecule has 11 rings (SSSR count). The van der Waals surface area contributed by atoms with Crippen LogP contribution in [0.4, 0.5) is 26.0 Å². The van der Waals surface area contributed by atoms with Crippen molar-refractivity contribution < 1.29 is 41.1 Å². The van der Waals surface area contributed by atoms with E-state index in [1.807, 2.05) is 12.1 Å². The van der Waals surface area contributed by atoms with E-state index in [-0.39, 0.29) is 65.7 Å². The number of aromatic nitrogens is 3. The molecule has 8 heterocycles. The molecule has 19 nitrogen and oxygen atoms in total. The quantitative estimate of drug-likeness (QED) is 0.180. The van der Waals surface area contributed by atoms with Crippen molar-refractivity contribution in [3.63, 3.8) is 0 Å². The normalized spacial score (nSPS) is 21.7. The van der Waals surface area contributed by atoms with Crippen molar-refractivity contribution in [1.29, 1.82) is 5.26 Å². The minimum absolute atomic E-state index is 0.00533. The molecule has 2 N–H and O–H groups in total. The molecule has 5 saturated heterocycles. The van der Waals surface area contributed by atoms with E-state index in [4.69, 9.17) is 4.74 Å². The zero-order valence-electron chi connectivity index (χ0n) is 37.5. The molecule has 0 aliphatic carbocycles. The predicted molar refractivity (Wildman–Crippen MR) is 249 cm³/mol. The molecule has 6 aliphatic heterocycles. The fourth-order valence-electron chi connectivity index (χ4n) is 10.7. The lowest BCUT2D eigenvalue weighted by molar-refractivity contribution is -0.136. The lowest BCUT2D eigenvalue weighted by Crippen LogP contribution is -2.72. The van der Waals surface area contributed by atoms with E-state index in [0.29, 0.717) is 17.1 Å². The van der Waals surface area contributed by atoms with Crippen LogP contribution in [0.25, 0.3) is 16.6 Å². The summed E-state index contributed by atoms with van der Waals surface area (Å²) >= 11 is 0. The lowest BCUT2D eigenvalue weighted by atomic mass is 9.72. The number of nitriles is 1. The third kappa shape index (κ3) is 8.06. The van der Waals surface area contributed by atoms with Crippen molar-refractivity contribution in [2.45, 2.75) is 44.3 Å². The van der Waals surface area contributed by atoms with Crippen molar-refractivity contribution in [3.05, 3.63) is 106 Å². The maximum atomic E-state index is 15.2. The highest BCUT2D eigenvalue weighted by atomic mass is 32.2. The second kappa shape index (κ2) is 17.3.